The van der Waals surface area contributed by atoms with Crippen LogP contribution in [0.1, 0.15) is 58.1 Å². The van der Waals surface area contributed by atoms with Crippen LogP contribution < -0.4 is 10.1 Å². The zero-order valence-corrected chi connectivity index (χ0v) is 13.1. The lowest BCUT2D eigenvalue weighted by Crippen LogP contribution is -2.32. The zero-order valence-electron chi connectivity index (χ0n) is 13.1. The SMILES string of the molecule is CCCCCCNC(C)C(O)c1ccc(OCC)cc1. The number of aliphatic hydroxyl groups excluding tert-OH is 1. The zero-order chi connectivity index (χ0) is 14.8. The highest BCUT2D eigenvalue weighted by Crippen LogP contribution is 2.20. The van der Waals surface area contributed by atoms with Crippen molar-refractivity contribution in [2.24, 2.45) is 0 Å². The van der Waals surface area contributed by atoms with Crippen LogP contribution in [0.3, 0.4) is 0 Å². The quantitative estimate of drug-likeness (QED) is 0.642. The second kappa shape index (κ2) is 9.78. The molecule has 0 amide bonds. The average Bonchev–Trinajstić information content (AvgIpc) is 2.47. The van der Waals surface area contributed by atoms with Gasteiger partial charge >= 0.3 is 0 Å². The number of ether oxygens (including phenoxy) is 1. The Balaban J connectivity index is 2.37. The van der Waals surface area contributed by atoms with Crippen molar-refractivity contribution in [2.75, 3.05) is 13.2 Å². The van der Waals surface area contributed by atoms with Gasteiger partial charge in [0, 0.05) is 6.04 Å². The van der Waals surface area contributed by atoms with E-state index in [1.165, 1.54) is 25.7 Å². The summed E-state index contributed by atoms with van der Waals surface area (Å²) in [6, 6.07) is 7.76. The van der Waals surface area contributed by atoms with E-state index in [1.807, 2.05) is 38.1 Å². The van der Waals surface area contributed by atoms with E-state index in [-0.39, 0.29) is 6.04 Å². The summed E-state index contributed by atoms with van der Waals surface area (Å²) in [5.74, 6) is 0.851. The molecule has 1 aromatic carbocycles. The van der Waals surface area contributed by atoms with Crippen LogP contribution in [0.4, 0.5) is 0 Å². The Morgan fingerprint density at radius 3 is 2.40 bits per heavy atom. The lowest BCUT2D eigenvalue weighted by Gasteiger charge is -2.21. The first-order chi connectivity index (χ1) is 9.69. The summed E-state index contributed by atoms with van der Waals surface area (Å²) in [7, 11) is 0. The summed E-state index contributed by atoms with van der Waals surface area (Å²) in [4.78, 5) is 0. The molecule has 0 aliphatic rings. The molecule has 0 saturated heterocycles. The van der Waals surface area contributed by atoms with E-state index < -0.39 is 6.10 Å². The van der Waals surface area contributed by atoms with Crippen molar-refractivity contribution in [3.8, 4) is 5.75 Å². The van der Waals surface area contributed by atoms with Crippen LogP contribution in [0.25, 0.3) is 0 Å². The third-order valence-corrected chi connectivity index (χ3v) is 3.50. The molecule has 0 radical (unpaired) electrons. The molecule has 0 aromatic heterocycles. The van der Waals surface area contributed by atoms with Crippen molar-refractivity contribution in [1.82, 2.24) is 5.32 Å². The van der Waals surface area contributed by atoms with Crippen LogP contribution in [0.2, 0.25) is 0 Å². The van der Waals surface area contributed by atoms with Gasteiger partial charge in [-0.05, 0) is 44.5 Å². The van der Waals surface area contributed by atoms with Gasteiger partial charge < -0.3 is 15.2 Å². The predicted octanol–water partition coefficient (Wildman–Crippen LogP) is 3.68. The lowest BCUT2D eigenvalue weighted by molar-refractivity contribution is 0.136. The third-order valence-electron chi connectivity index (χ3n) is 3.50. The maximum absolute atomic E-state index is 10.3. The largest absolute Gasteiger partial charge is 0.494 e. The summed E-state index contributed by atoms with van der Waals surface area (Å²) in [5, 5.41) is 13.7. The highest BCUT2D eigenvalue weighted by Gasteiger charge is 2.15. The Morgan fingerprint density at radius 1 is 1.10 bits per heavy atom. The molecular weight excluding hydrogens is 250 g/mol. The first kappa shape index (κ1) is 17.0. The number of nitrogens with one attached hydrogen (secondary N) is 1. The number of aliphatic hydroxyl groups is 1. The highest BCUT2D eigenvalue weighted by molar-refractivity contribution is 5.29. The van der Waals surface area contributed by atoms with Crippen LogP contribution in [0, 0.1) is 0 Å². The Kier molecular flexibility index (Phi) is 8.31. The summed E-state index contributed by atoms with van der Waals surface area (Å²) in [6.45, 7) is 7.84. The molecule has 0 aliphatic carbocycles. The van der Waals surface area contributed by atoms with Crippen LogP contribution in [0.5, 0.6) is 5.75 Å². The van der Waals surface area contributed by atoms with Gasteiger partial charge in [0.1, 0.15) is 5.75 Å². The lowest BCUT2D eigenvalue weighted by atomic mass is 10.0. The van der Waals surface area contributed by atoms with Crippen molar-refractivity contribution in [3.05, 3.63) is 29.8 Å². The molecule has 2 unspecified atom stereocenters. The van der Waals surface area contributed by atoms with Gasteiger partial charge in [0.2, 0.25) is 0 Å². The van der Waals surface area contributed by atoms with Gasteiger partial charge in [-0.1, -0.05) is 38.3 Å². The molecule has 2 N–H and O–H groups in total. The second-order valence-electron chi connectivity index (χ2n) is 5.25. The monoisotopic (exact) mass is 279 g/mol. The van der Waals surface area contributed by atoms with E-state index in [4.69, 9.17) is 4.74 Å². The van der Waals surface area contributed by atoms with Gasteiger partial charge in [-0.3, -0.25) is 0 Å². The van der Waals surface area contributed by atoms with E-state index in [9.17, 15) is 5.11 Å². The van der Waals surface area contributed by atoms with Crippen molar-refractivity contribution in [3.63, 3.8) is 0 Å². The van der Waals surface area contributed by atoms with Crippen LogP contribution in [-0.4, -0.2) is 24.3 Å². The predicted molar refractivity (Wildman–Crippen MR) is 84.2 cm³/mol. The Labute approximate surface area is 123 Å². The van der Waals surface area contributed by atoms with E-state index in [0.717, 1.165) is 17.9 Å². The smallest absolute Gasteiger partial charge is 0.119 e. The van der Waals surface area contributed by atoms with E-state index in [2.05, 4.69) is 12.2 Å². The number of rotatable bonds is 10. The maximum atomic E-state index is 10.3. The fraction of sp³-hybridized carbons (Fsp3) is 0.647. The molecule has 0 spiro atoms. The van der Waals surface area contributed by atoms with Crippen LogP contribution in [0.15, 0.2) is 24.3 Å². The maximum Gasteiger partial charge on any atom is 0.119 e. The molecule has 0 saturated carbocycles. The molecule has 3 nitrogen and oxygen atoms in total. The van der Waals surface area contributed by atoms with Crippen molar-refractivity contribution >= 4 is 0 Å². The molecule has 1 rings (SSSR count). The average molecular weight is 279 g/mol. The van der Waals surface area contributed by atoms with Gasteiger partial charge in [0.05, 0.1) is 12.7 Å². The summed E-state index contributed by atoms with van der Waals surface area (Å²) in [5.41, 5.74) is 0.932. The minimum Gasteiger partial charge on any atom is -0.494 e. The molecular formula is C17H29NO2. The highest BCUT2D eigenvalue weighted by atomic mass is 16.5. The van der Waals surface area contributed by atoms with Gasteiger partial charge in [0.15, 0.2) is 0 Å². The topological polar surface area (TPSA) is 41.5 Å². The fourth-order valence-electron chi connectivity index (χ4n) is 2.21. The molecule has 114 valence electrons. The molecule has 0 fully saturated rings. The molecule has 20 heavy (non-hydrogen) atoms. The molecule has 3 heteroatoms. The second-order valence-corrected chi connectivity index (χ2v) is 5.25. The minimum atomic E-state index is -0.475. The van der Waals surface area contributed by atoms with Crippen LogP contribution in [-0.2, 0) is 0 Å². The minimum absolute atomic E-state index is 0.0644. The third kappa shape index (κ3) is 5.93. The molecule has 1 aromatic rings. The van der Waals surface area contributed by atoms with Gasteiger partial charge in [0.25, 0.3) is 0 Å². The number of hydrogen-bond acceptors (Lipinski definition) is 3. The Bertz CT molecular complexity index is 351. The summed E-state index contributed by atoms with van der Waals surface area (Å²) in [6.07, 6.45) is 4.50. The summed E-state index contributed by atoms with van der Waals surface area (Å²) >= 11 is 0. The van der Waals surface area contributed by atoms with Crippen LogP contribution >= 0.6 is 0 Å². The number of unbranched alkanes of at least 4 members (excludes halogenated alkanes) is 3. The first-order valence-electron chi connectivity index (χ1n) is 7.83. The fourth-order valence-corrected chi connectivity index (χ4v) is 2.21. The van der Waals surface area contributed by atoms with Gasteiger partial charge in [-0.15, -0.1) is 0 Å². The van der Waals surface area contributed by atoms with E-state index in [1.54, 1.807) is 0 Å². The van der Waals surface area contributed by atoms with E-state index >= 15 is 0 Å². The summed E-state index contributed by atoms with van der Waals surface area (Å²) < 4.78 is 5.41. The number of benzene rings is 1. The van der Waals surface area contributed by atoms with Crippen molar-refractivity contribution in [1.29, 1.82) is 0 Å². The molecule has 0 heterocycles. The molecule has 2 atom stereocenters. The van der Waals surface area contributed by atoms with Crippen molar-refractivity contribution < 1.29 is 9.84 Å². The van der Waals surface area contributed by atoms with Crippen molar-refractivity contribution in [2.45, 2.75) is 58.6 Å². The normalized spacial score (nSPS) is 14.0. The molecule has 0 bridgehead atoms. The first-order valence-corrected chi connectivity index (χ1v) is 7.83. The van der Waals surface area contributed by atoms with Gasteiger partial charge in [-0.25, -0.2) is 0 Å². The van der Waals surface area contributed by atoms with Gasteiger partial charge in [-0.2, -0.15) is 0 Å². The Hall–Kier alpha value is -1.06. The Morgan fingerprint density at radius 2 is 1.80 bits per heavy atom. The molecule has 0 aliphatic heterocycles. The number of hydrogen-bond donors (Lipinski definition) is 2. The standard InChI is InChI=1S/C17H29NO2/c1-4-6-7-8-13-18-14(3)17(19)15-9-11-16(12-10-15)20-5-2/h9-12,14,17-19H,4-8,13H2,1-3H3. The van der Waals surface area contributed by atoms with E-state index in [0.29, 0.717) is 6.61 Å².